The fourth-order valence-electron chi connectivity index (χ4n) is 2.12. The highest BCUT2D eigenvalue weighted by molar-refractivity contribution is 9.10. The van der Waals surface area contributed by atoms with E-state index in [1.165, 1.54) is 0 Å². The Kier molecular flexibility index (Phi) is 3.52. The number of nitrogens with zero attached hydrogens (tertiary/aromatic N) is 4. The molecule has 0 aliphatic carbocycles. The van der Waals surface area contributed by atoms with Gasteiger partial charge < -0.3 is 9.09 Å². The Hall–Kier alpha value is -1.40. The van der Waals surface area contributed by atoms with E-state index in [-0.39, 0.29) is 5.38 Å². The van der Waals surface area contributed by atoms with Gasteiger partial charge in [0.2, 0.25) is 5.89 Å². The maximum atomic E-state index is 6.23. The number of aromatic nitrogens is 4. The Bertz CT molecular complexity index is 765. The minimum absolute atomic E-state index is 0.204. The molecule has 1 unspecified atom stereocenters. The van der Waals surface area contributed by atoms with E-state index in [9.17, 15) is 0 Å². The summed E-state index contributed by atoms with van der Waals surface area (Å²) < 4.78 is 8.18. The molecule has 2 heterocycles. The van der Waals surface area contributed by atoms with E-state index in [2.05, 4.69) is 31.1 Å². The van der Waals surface area contributed by atoms with Crippen LogP contribution in [0.4, 0.5) is 0 Å². The van der Waals surface area contributed by atoms with Gasteiger partial charge in [-0.2, -0.15) is 4.98 Å². The Labute approximate surface area is 129 Å². The molecule has 104 valence electrons. The van der Waals surface area contributed by atoms with Gasteiger partial charge in [-0.25, -0.2) is 4.98 Å². The van der Waals surface area contributed by atoms with Crippen LogP contribution in [-0.4, -0.2) is 19.7 Å². The number of hydrogen-bond donors (Lipinski definition) is 0. The second-order valence-corrected chi connectivity index (χ2v) is 6.11. The zero-order valence-electron chi connectivity index (χ0n) is 11.0. The normalized spacial score (nSPS) is 13.0. The molecule has 0 aliphatic heterocycles. The summed E-state index contributed by atoms with van der Waals surface area (Å²) in [5, 5.41) is 3.60. The van der Waals surface area contributed by atoms with Gasteiger partial charge in [-0.1, -0.05) is 21.1 Å². The summed E-state index contributed by atoms with van der Waals surface area (Å²) in [6.07, 6.45) is 0. The minimum atomic E-state index is -0.204. The number of rotatable bonds is 3. The predicted molar refractivity (Wildman–Crippen MR) is 79.8 cm³/mol. The van der Waals surface area contributed by atoms with Gasteiger partial charge in [0.15, 0.2) is 5.82 Å². The van der Waals surface area contributed by atoms with Crippen LogP contribution in [0.1, 0.15) is 29.8 Å². The first kappa shape index (κ1) is 13.6. The second kappa shape index (κ2) is 5.18. The number of imidazole rings is 1. The summed E-state index contributed by atoms with van der Waals surface area (Å²) in [6.45, 7) is 4.15. The Morgan fingerprint density at radius 1 is 1.40 bits per heavy atom. The van der Waals surface area contributed by atoms with Gasteiger partial charge in [0.1, 0.15) is 12.4 Å². The fourth-order valence-corrected chi connectivity index (χ4v) is 2.64. The van der Waals surface area contributed by atoms with Crippen molar-refractivity contribution < 1.29 is 4.52 Å². The van der Waals surface area contributed by atoms with Crippen LogP contribution in [0.15, 0.2) is 27.2 Å². The van der Waals surface area contributed by atoms with Gasteiger partial charge in [0.05, 0.1) is 16.4 Å². The third-order valence-electron chi connectivity index (χ3n) is 2.96. The number of alkyl halides is 1. The molecule has 0 aliphatic rings. The lowest BCUT2D eigenvalue weighted by Crippen LogP contribution is -2.06. The fraction of sp³-hybridized carbons (Fsp3) is 0.308. The molecular formula is C13H12BrClN4O. The summed E-state index contributed by atoms with van der Waals surface area (Å²) in [7, 11) is 0. The molecule has 0 bridgehead atoms. The van der Waals surface area contributed by atoms with E-state index in [0.717, 1.165) is 21.3 Å². The maximum absolute atomic E-state index is 6.23. The number of benzene rings is 1. The van der Waals surface area contributed by atoms with Crippen molar-refractivity contribution in [1.29, 1.82) is 0 Å². The molecule has 0 saturated heterocycles. The molecule has 3 aromatic rings. The highest BCUT2D eigenvalue weighted by Crippen LogP contribution is 2.27. The first-order chi connectivity index (χ1) is 9.54. The van der Waals surface area contributed by atoms with Crippen molar-refractivity contribution in [1.82, 2.24) is 19.7 Å². The summed E-state index contributed by atoms with van der Waals surface area (Å²) in [4.78, 5) is 8.81. The van der Waals surface area contributed by atoms with Crippen LogP contribution in [0.5, 0.6) is 0 Å². The molecule has 0 saturated carbocycles. The van der Waals surface area contributed by atoms with Crippen molar-refractivity contribution in [2.24, 2.45) is 0 Å². The lowest BCUT2D eigenvalue weighted by atomic mass is 10.3. The second-order valence-electron chi connectivity index (χ2n) is 4.54. The van der Waals surface area contributed by atoms with Crippen molar-refractivity contribution in [3.8, 4) is 0 Å². The van der Waals surface area contributed by atoms with Gasteiger partial charge in [0, 0.05) is 4.47 Å². The Morgan fingerprint density at radius 3 is 2.85 bits per heavy atom. The van der Waals surface area contributed by atoms with Crippen LogP contribution in [0.3, 0.4) is 0 Å². The molecule has 3 rings (SSSR count). The van der Waals surface area contributed by atoms with Crippen molar-refractivity contribution in [3.63, 3.8) is 0 Å². The molecular weight excluding hydrogens is 344 g/mol. The third-order valence-corrected chi connectivity index (χ3v) is 3.65. The molecule has 1 atom stereocenters. The lowest BCUT2D eigenvalue weighted by molar-refractivity contribution is 0.367. The van der Waals surface area contributed by atoms with Crippen LogP contribution < -0.4 is 0 Å². The van der Waals surface area contributed by atoms with Crippen LogP contribution in [0.2, 0.25) is 0 Å². The summed E-state index contributed by atoms with van der Waals surface area (Å²) >= 11 is 9.71. The minimum Gasteiger partial charge on any atom is -0.337 e. The van der Waals surface area contributed by atoms with E-state index in [1.807, 2.05) is 29.7 Å². The smallest absolute Gasteiger partial charge is 0.246 e. The van der Waals surface area contributed by atoms with Crippen LogP contribution in [0.25, 0.3) is 11.0 Å². The van der Waals surface area contributed by atoms with Gasteiger partial charge in [-0.05, 0) is 32.0 Å². The highest BCUT2D eigenvalue weighted by atomic mass is 79.9. The molecule has 1 aromatic carbocycles. The maximum Gasteiger partial charge on any atom is 0.246 e. The van der Waals surface area contributed by atoms with Gasteiger partial charge in [0.25, 0.3) is 0 Å². The van der Waals surface area contributed by atoms with Crippen LogP contribution >= 0.6 is 27.5 Å². The largest absolute Gasteiger partial charge is 0.337 e. The molecule has 0 N–H and O–H groups in total. The summed E-state index contributed by atoms with van der Waals surface area (Å²) in [6, 6.07) is 5.92. The van der Waals surface area contributed by atoms with Crippen molar-refractivity contribution in [2.75, 3.05) is 0 Å². The first-order valence-electron chi connectivity index (χ1n) is 6.13. The molecule has 0 radical (unpaired) electrons. The zero-order valence-corrected chi connectivity index (χ0v) is 13.3. The van der Waals surface area contributed by atoms with E-state index in [0.29, 0.717) is 18.3 Å². The van der Waals surface area contributed by atoms with E-state index >= 15 is 0 Å². The summed E-state index contributed by atoms with van der Waals surface area (Å²) in [5.41, 5.74) is 1.88. The van der Waals surface area contributed by atoms with Crippen LogP contribution in [-0.2, 0) is 6.54 Å². The number of aryl methyl sites for hydroxylation is 1. The van der Waals surface area contributed by atoms with E-state index in [4.69, 9.17) is 16.1 Å². The van der Waals surface area contributed by atoms with Gasteiger partial charge in [-0.15, -0.1) is 11.6 Å². The van der Waals surface area contributed by atoms with Crippen LogP contribution in [0, 0.1) is 6.92 Å². The standard InChI is InChI=1S/C13H12BrClN4O/c1-7(15)13-17-10-4-3-9(14)5-11(10)19(13)6-12-16-8(2)18-20-12/h3-5,7H,6H2,1-2H3. The lowest BCUT2D eigenvalue weighted by Gasteiger charge is -2.07. The predicted octanol–water partition coefficient (Wildman–Crippen LogP) is 3.84. The monoisotopic (exact) mass is 354 g/mol. The van der Waals surface area contributed by atoms with Crippen molar-refractivity contribution >= 4 is 38.6 Å². The van der Waals surface area contributed by atoms with Gasteiger partial charge >= 0.3 is 0 Å². The van der Waals surface area contributed by atoms with Crippen molar-refractivity contribution in [3.05, 3.63) is 40.2 Å². The molecule has 0 fully saturated rings. The van der Waals surface area contributed by atoms with E-state index in [1.54, 1.807) is 6.92 Å². The first-order valence-corrected chi connectivity index (χ1v) is 7.36. The molecule has 5 nitrogen and oxygen atoms in total. The van der Waals surface area contributed by atoms with Crippen molar-refractivity contribution in [2.45, 2.75) is 25.8 Å². The van der Waals surface area contributed by atoms with Gasteiger partial charge in [-0.3, -0.25) is 0 Å². The SMILES string of the molecule is Cc1noc(Cn2c(C(C)Cl)nc3ccc(Br)cc32)n1. The quantitative estimate of drug-likeness (QED) is 0.670. The van der Waals surface area contributed by atoms with E-state index < -0.39 is 0 Å². The number of fused-ring (bicyclic) bond motifs is 1. The zero-order chi connectivity index (χ0) is 14.3. The molecule has 7 heteroatoms. The molecule has 0 spiro atoms. The highest BCUT2D eigenvalue weighted by Gasteiger charge is 2.17. The average Bonchev–Trinajstić information content (AvgIpc) is 2.95. The molecule has 20 heavy (non-hydrogen) atoms. The summed E-state index contributed by atoms with van der Waals surface area (Å²) in [5.74, 6) is 1.95. The Morgan fingerprint density at radius 2 is 2.20 bits per heavy atom. The Balaban J connectivity index is 2.15. The molecule has 0 amide bonds. The number of hydrogen-bond acceptors (Lipinski definition) is 4. The average molecular weight is 356 g/mol. The number of halogens is 2. The molecule has 2 aromatic heterocycles. The topological polar surface area (TPSA) is 56.7 Å². The third kappa shape index (κ3) is 2.45.